The van der Waals surface area contributed by atoms with Crippen LogP contribution in [-0.2, 0) is 0 Å². The molecule has 1 heterocycles. The number of urea groups is 1. The topological polar surface area (TPSA) is 61.8 Å². The van der Waals surface area contributed by atoms with E-state index in [1.807, 2.05) is 30.3 Å². The maximum absolute atomic E-state index is 12.5. The number of aliphatic hydroxyl groups is 1. The minimum atomic E-state index is -0.258. The van der Waals surface area contributed by atoms with E-state index in [-0.39, 0.29) is 18.7 Å². The van der Waals surface area contributed by atoms with Crippen molar-refractivity contribution in [3.8, 4) is 11.5 Å². The predicted molar refractivity (Wildman–Crippen MR) is 93.8 cm³/mol. The maximum Gasteiger partial charge on any atom is 0.322 e. The normalized spacial score (nSPS) is 16.9. The molecule has 126 valence electrons. The van der Waals surface area contributed by atoms with Crippen molar-refractivity contribution in [3.63, 3.8) is 0 Å². The lowest BCUT2D eigenvalue weighted by molar-refractivity contribution is 0.166. The Kier molecular flexibility index (Phi) is 5.23. The first-order chi connectivity index (χ1) is 11.7. The lowest BCUT2D eigenvalue weighted by Gasteiger charge is -2.24. The van der Waals surface area contributed by atoms with Crippen LogP contribution >= 0.6 is 11.6 Å². The summed E-state index contributed by atoms with van der Waals surface area (Å²) < 4.78 is 5.84. The smallest absolute Gasteiger partial charge is 0.322 e. The first-order valence-electron chi connectivity index (χ1n) is 7.88. The van der Waals surface area contributed by atoms with Gasteiger partial charge in [0.25, 0.3) is 0 Å². The standard InChI is InChI=1S/C18H19ClN2O3/c19-13-8-9-17(24-15-6-2-1-3-7-15)16(11-13)20-18(23)21-10-4-5-14(21)12-22/h1-3,6-9,11,14,22H,4-5,10,12H2,(H,20,23)/t14-/m0/s1. The molecule has 5 nitrogen and oxygen atoms in total. The lowest BCUT2D eigenvalue weighted by Crippen LogP contribution is -2.40. The van der Waals surface area contributed by atoms with Crippen LogP contribution in [0.3, 0.4) is 0 Å². The van der Waals surface area contributed by atoms with Crippen molar-refractivity contribution in [2.24, 2.45) is 0 Å². The Morgan fingerprint density at radius 2 is 2.08 bits per heavy atom. The minimum absolute atomic E-state index is 0.0314. The fraction of sp³-hybridized carbons (Fsp3) is 0.278. The second kappa shape index (κ2) is 7.55. The van der Waals surface area contributed by atoms with Crippen molar-refractivity contribution in [1.82, 2.24) is 4.90 Å². The monoisotopic (exact) mass is 346 g/mol. The third kappa shape index (κ3) is 3.80. The molecule has 2 amide bonds. The molecule has 0 aliphatic carbocycles. The number of hydrogen-bond acceptors (Lipinski definition) is 3. The predicted octanol–water partition coefficient (Wildman–Crippen LogP) is 4.12. The zero-order valence-corrected chi connectivity index (χ0v) is 13.9. The van der Waals surface area contributed by atoms with Crippen LogP contribution in [0.15, 0.2) is 48.5 Å². The van der Waals surface area contributed by atoms with E-state index in [0.717, 1.165) is 12.8 Å². The van der Waals surface area contributed by atoms with Crippen LogP contribution in [0.4, 0.5) is 10.5 Å². The summed E-state index contributed by atoms with van der Waals surface area (Å²) >= 11 is 6.06. The van der Waals surface area contributed by atoms with Gasteiger partial charge in [-0.05, 0) is 43.2 Å². The minimum Gasteiger partial charge on any atom is -0.455 e. The van der Waals surface area contributed by atoms with Crippen molar-refractivity contribution in [3.05, 3.63) is 53.6 Å². The number of nitrogens with one attached hydrogen (secondary N) is 1. The van der Waals surface area contributed by atoms with E-state index in [0.29, 0.717) is 28.8 Å². The maximum atomic E-state index is 12.5. The van der Waals surface area contributed by atoms with Crippen molar-refractivity contribution >= 4 is 23.3 Å². The Bertz CT molecular complexity index is 709. The Labute approximate surface area is 145 Å². The molecule has 24 heavy (non-hydrogen) atoms. The summed E-state index contributed by atoms with van der Waals surface area (Å²) in [6.07, 6.45) is 1.70. The molecule has 0 saturated carbocycles. The second-order valence-corrected chi connectivity index (χ2v) is 6.09. The Hall–Kier alpha value is -2.24. The number of nitrogens with zero attached hydrogens (tertiary/aromatic N) is 1. The molecule has 1 fully saturated rings. The highest BCUT2D eigenvalue weighted by Crippen LogP contribution is 2.32. The number of rotatable bonds is 4. The average molecular weight is 347 g/mol. The first-order valence-corrected chi connectivity index (χ1v) is 8.26. The van der Waals surface area contributed by atoms with Gasteiger partial charge in [-0.25, -0.2) is 4.79 Å². The summed E-state index contributed by atoms with van der Waals surface area (Å²) in [6.45, 7) is 0.600. The summed E-state index contributed by atoms with van der Waals surface area (Å²) in [4.78, 5) is 14.2. The highest BCUT2D eigenvalue weighted by Gasteiger charge is 2.28. The van der Waals surface area contributed by atoms with E-state index in [4.69, 9.17) is 16.3 Å². The molecular formula is C18H19ClN2O3. The number of benzene rings is 2. The van der Waals surface area contributed by atoms with Crippen molar-refractivity contribution in [2.75, 3.05) is 18.5 Å². The molecular weight excluding hydrogens is 328 g/mol. The van der Waals surface area contributed by atoms with E-state index >= 15 is 0 Å². The van der Waals surface area contributed by atoms with E-state index in [1.165, 1.54) is 0 Å². The second-order valence-electron chi connectivity index (χ2n) is 5.66. The van der Waals surface area contributed by atoms with Gasteiger partial charge in [0.2, 0.25) is 0 Å². The van der Waals surface area contributed by atoms with Crippen LogP contribution in [0, 0.1) is 0 Å². The van der Waals surface area contributed by atoms with Gasteiger partial charge < -0.3 is 20.1 Å². The lowest BCUT2D eigenvalue weighted by atomic mass is 10.2. The zero-order chi connectivity index (χ0) is 16.9. The molecule has 0 unspecified atom stereocenters. The number of hydrogen-bond donors (Lipinski definition) is 2. The number of carbonyl (C=O) groups is 1. The molecule has 6 heteroatoms. The SMILES string of the molecule is O=C(Nc1cc(Cl)ccc1Oc1ccccc1)N1CCC[C@H]1CO. The molecule has 2 aromatic carbocycles. The molecule has 0 spiro atoms. The van der Waals surface area contributed by atoms with Gasteiger partial charge in [0.05, 0.1) is 18.3 Å². The quantitative estimate of drug-likeness (QED) is 0.875. The molecule has 2 aromatic rings. The van der Waals surface area contributed by atoms with Crippen molar-refractivity contribution in [1.29, 1.82) is 0 Å². The van der Waals surface area contributed by atoms with Crippen LogP contribution in [0.2, 0.25) is 5.02 Å². The fourth-order valence-electron chi connectivity index (χ4n) is 2.78. The van der Waals surface area contributed by atoms with Crippen LogP contribution in [-0.4, -0.2) is 35.2 Å². The molecule has 0 aromatic heterocycles. The third-order valence-corrected chi connectivity index (χ3v) is 4.24. The molecule has 1 aliphatic heterocycles. The Morgan fingerprint density at radius 3 is 2.83 bits per heavy atom. The van der Waals surface area contributed by atoms with Crippen LogP contribution in [0.25, 0.3) is 0 Å². The molecule has 0 radical (unpaired) electrons. The number of amides is 2. The number of para-hydroxylation sites is 1. The van der Waals surface area contributed by atoms with Gasteiger partial charge in [0, 0.05) is 11.6 Å². The largest absolute Gasteiger partial charge is 0.455 e. The zero-order valence-electron chi connectivity index (χ0n) is 13.1. The number of ether oxygens (including phenoxy) is 1. The van der Waals surface area contributed by atoms with Crippen LogP contribution in [0.1, 0.15) is 12.8 Å². The first kappa shape index (κ1) is 16.6. The van der Waals surface area contributed by atoms with E-state index < -0.39 is 0 Å². The van der Waals surface area contributed by atoms with E-state index in [1.54, 1.807) is 23.1 Å². The van der Waals surface area contributed by atoms with Crippen molar-refractivity contribution in [2.45, 2.75) is 18.9 Å². The highest BCUT2D eigenvalue weighted by atomic mass is 35.5. The number of halogens is 1. The van der Waals surface area contributed by atoms with Gasteiger partial charge >= 0.3 is 6.03 Å². The molecule has 1 aliphatic rings. The van der Waals surface area contributed by atoms with Gasteiger partial charge in [0.15, 0.2) is 5.75 Å². The van der Waals surface area contributed by atoms with Gasteiger partial charge in [0.1, 0.15) is 5.75 Å². The highest BCUT2D eigenvalue weighted by molar-refractivity contribution is 6.31. The van der Waals surface area contributed by atoms with Crippen LogP contribution in [0.5, 0.6) is 11.5 Å². The summed E-state index contributed by atoms with van der Waals surface area (Å²) in [5, 5.41) is 12.7. The van der Waals surface area contributed by atoms with Crippen LogP contribution < -0.4 is 10.1 Å². The third-order valence-electron chi connectivity index (χ3n) is 4.00. The van der Waals surface area contributed by atoms with E-state index in [2.05, 4.69) is 5.32 Å². The summed E-state index contributed by atoms with van der Waals surface area (Å²) in [5.74, 6) is 1.18. The van der Waals surface area contributed by atoms with Gasteiger partial charge in [-0.1, -0.05) is 29.8 Å². The number of anilines is 1. The van der Waals surface area contributed by atoms with Gasteiger partial charge in [-0.15, -0.1) is 0 Å². The van der Waals surface area contributed by atoms with Gasteiger partial charge in [-0.3, -0.25) is 0 Å². The summed E-state index contributed by atoms with van der Waals surface area (Å²) in [5.41, 5.74) is 0.500. The Balaban J connectivity index is 1.79. The number of likely N-dealkylation sites (tertiary alicyclic amines) is 1. The summed E-state index contributed by atoms with van der Waals surface area (Å²) in [6, 6.07) is 14.0. The molecule has 2 N–H and O–H groups in total. The molecule has 0 bridgehead atoms. The summed E-state index contributed by atoms with van der Waals surface area (Å²) in [7, 11) is 0. The molecule has 1 atom stereocenters. The van der Waals surface area contributed by atoms with E-state index in [9.17, 15) is 9.90 Å². The Morgan fingerprint density at radius 1 is 1.29 bits per heavy atom. The van der Waals surface area contributed by atoms with Crippen molar-refractivity contribution < 1.29 is 14.6 Å². The van der Waals surface area contributed by atoms with Gasteiger partial charge in [-0.2, -0.15) is 0 Å². The fourth-order valence-corrected chi connectivity index (χ4v) is 2.96. The molecule has 1 saturated heterocycles. The number of carbonyl (C=O) groups excluding carboxylic acids is 1. The number of aliphatic hydroxyl groups excluding tert-OH is 1. The average Bonchev–Trinajstić information content (AvgIpc) is 3.07. The molecule has 3 rings (SSSR count).